The Labute approximate surface area is 159 Å². The van der Waals surface area contributed by atoms with Crippen LogP contribution in [0.15, 0.2) is 16.9 Å². The van der Waals surface area contributed by atoms with Crippen molar-refractivity contribution in [2.24, 2.45) is 0 Å². The number of H-pyrrole nitrogens is 1. The van der Waals surface area contributed by atoms with Crippen molar-refractivity contribution in [2.75, 3.05) is 14.2 Å². The molecule has 2 aromatic heterocycles. The van der Waals surface area contributed by atoms with Gasteiger partial charge in [-0.15, -0.1) is 11.3 Å². The Bertz CT molecular complexity index is 1040. The molecule has 0 amide bonds. The van der Waals surface area contributed by atoms with Crippen molar-refractivity contribution in [2.45, 2.75) is 32.1 Å². The predicted molar refractivity (Wildman–Crippen MR) is 105 cm³/mol. The Kier molecular flexibility index (Phi) is 4.63. The van der Waals surface area contributed by atoms with Crippen LogP contribution in [0.2, 0.25) is 5.02 Å². The standard InChI is InChI=1S/C19H19ClN2O3S/c1-24-13-8-11(12(20)9-14(13)25-2)17-21-18(23)16-10-6-4-3-5-7-15(10)26-19(16)22-17/h8-9H,3-7H2,1-2H3,(H,21,22,23). The number of rotatable bonds is 3. The highest BCUT2D eigenvalue weighted by molar-refractivity contribution is 7.18. The number of thiophene rings is 1. The van der Waals surface area contributed by atoms with Gasteiger partial charge < -0.3 is 14.5 Å². The van der Waals surface area contributed by atoms with Crippen LogP contribution >= 0.6 is 22.9 Å². The maximum absolute atomic E-state index is 12.8. The summed E-state index contributed by atoms with van der Waals surface area (Å²) in [6.45, 7) is 0. The summed E-state index contributed by atoms with van der Waals surface area (Å²) in [6, 6.07) is 3.41. The van der Waals surface area contributed by atoms with Crippen LogP contribution < -0.4 is 15.0 Å². The number of nitrogens with zero attached hydrogens (tertiary/aromatic N) is 1. The number of hydrogen-bond acceptors (Lipinski definition) is 5. The Hall–Kier alpha value is -2.05. The van der Waals surface area contributed by atoms with Crippen LogP contribution in [-0.2, 0) is 12.8 Å². The minimum atomic E-state index is -0.102. The molecule has 2 heterocycles. The van der Waals surface area contributed by atoms with Gasteiger partial charge in [0.25, 0.3) is 5.56 Å². The lowest BCUT2D eigenvalue weighted by Gasteiger charge is -2.11. The van der Waals surface area contributed by atoms with Gasteiger partial charge in [-0.05, 0) is 37.3 Å². The first-order chi connectivity index (χ1) is 12.6. The van der Waals surface area contributed by atoms with E-state index < -0.39 is 0 Å². The van der Waals surface area contributed by atoms with E-state index in [1.807, 2.05) is 0 Å². The quantitative estimate of drug-likeness (QED) is 0.664. The van der Waals surface area contributed by atoms with E-state index in [1.54, 1.807) is 37.7 Å². The van der Waals surface area contributed by atoms with Crippen molar-refractivity contribution in [1.29, 1.82) is 0 Å². The molecule has 0 aliphatic heterocycles. The van der Waals surface area contributed by atoms with Gasteiger partial charge >= 0.3 is 0 Å². The van der Waals surface area contributed by atoms with Crippen molar-refractivity contribution < 1.29 is 9.47 Å². The number of ether oxygens (including phenoxy) is 2. The van der Waals surface area contributed by atoms with Gasteiger partial charge in [0.15, 0.2) is 11.5 Å². The van der Waals surface area contributed by atoms with Gasteiger partial charge in [-0.2, -0.15) is 0 Å². The first-order valence-corrected chi connectivity index (χ1v) is 9.78. The van der Waals surface area contributed by atoms with Crippen LogP contribution in [0, 0.1) is 0 Å². The summed E-state index contributed by atoms with van der Waals surface area (Å²) in [5.74, 6) is 1.52. The highest BCUT2D eigenvalue weighted by atomic mass is 35.5. The molecule has 1 aromatic carbocycles. The third-order valence-electron chi connectivity index (χ3n) is 4.80. The summed E-state index contributed by atoms with van der Waals surface area (Å²) < 4.78 is 10.6. The summed E-state index contributed by atoms with van der Waals surface area (Å²) in [7, 11) is 3.12. The molecule has 0 fully saturated rings. The Balaban J connectivity index is 1.90. The van der Waals surface area contributed by atoms with E-state index in [0.29, 0.717) is 27.9 Å². The maximum atomic E-state index is 12.8. The number of fused-ring (bicyclic) bond motifs is 3. The van der Waals surface area contributed by atoms with E-state index in [9.17, 15) is 4.79 Å². The molecular weight excluding hydrogens is 372 g/mol. The van der Waals surface area contributed by atoms with Crippen LogP contribution in [0.3, 0.4) is 0 Å². The minimum Gasteiger partial charge on any atom is -0.493 e. The van der Waals surface area contributed by atoms with E-state index in [4.69, 9.17) is 26.1 Å². The monoisotopic (exact) mass is 390 g/mol. The molecule has 0 saturated heterocycles. The number of halogens is 1. The number of methoxy groups -OCH3 is 2. The van der Waals surface area contributed by atoms with E-state index in [0.717, 1.165) is 29.5 Å². The molecule has 0 bridgehead atoms. The number of benzene rings is 1. The van der Waals surface area contributed by atoms with Gasteiger partial charge in [-0.3, -0.25) is 4.79 Å². The molecule has 0 unspecified atom stereocenters. The van der Waals surface area contributed by atoms with Crippen molar-refractivity contribution >= 4 is 33.2 Å². The van der Waals surface area contributed by atoms with Gasteiger partial charge in [-0.25, -0.2) is 4.98 Å². The second kappa shape index (κ2) is 6.93. The highest BCUT2D eigenvalue weighted by Gasteiger charge is 2.20. The molecule has 1 N–H and O–H groups in total. The first-order valence-electron chi connectivity index (χ1n) is 8.59. The molecule has 0 spiro atoms. The fraction of sp³-hybridized carbons (Fsp3) is 0.368. The zero-order valence-electron chi connectivity index (χ0n) is 14.6. The fourth-order valence-corrected chi connectivity index (χ4v) is 5.01. The lowest BCUT2D eigenvalue weighted by atomic mass is 10.1. The minimum absolute atomic E-state index is 0.102. The van der Waals surface area contributed by atoms with Gasteiger partial charge in [0.05, 0.1) is 24.6 Å². The number of aromatic amines is 1. The number of aromatic nitrogens is 2. The maximum Gasteiger partial charge on any atom is 0.260 e. The summed E-state index contributed by atoms with van der Waals surface area (Å²) in [6.07, 6.45) is 5.50. The molecule has 26 heavy (non-hydrogen) atoms. The topological polar surface area (TPSA) is 64.2 Å². The number of nitrogens with one attached hydrogen (secondary N) is 1. The van der Waals surface area contributed by atoms with Crippen LogP contribution in [0.5, 0.6) is 11.5 Å². The van der Waals surface area contributed by atoms with Crippen LogP contribution in [-0.4, -0.2) is 24.2 Å². The summed E-state index contributed by atoms with van der Waals surface area (Å²) in [4.78, 5) is 22.5. The summed E-state index contributed by atoms with van der Waals surface area (Å²) >= 11 is 8.03. The zero-order valence-corrected chi connectivity index (χ0v) is 16.2. The van der Waals surface area contributed by atoms with Crippen molar-refractivity contribution in [3.8, 4) is 22.9 Å². The summed E-state index contributed by atoms with van der Waals surface area (Å²) in [5.41, 5.74) is 1.70. The van der Waals surface area contributed by atoms with E-state index in [-0.39, 0.29) is 5.56 Å². The van der Waals surface area contributed by atoms with Gasteiger partial charge in [0.1, 0.15) is 10.7 Å². The largest absolute Gasteiger partial charge is 0.493 e. The molecule has 7 heteroatoms. The normalized spacial score (nSPS) is 14.1. The molecule has 4 rings (SSSR count). The van der Waals surface area contributed by atoms with Crippen LogP contribution in [0.1, 0.15) is 29.7 Å². The van der Waals surface area contributed by atoms with Crippen molar-refractivity contribution in [3.05, 3.63) is 37.9 Å². The van der Waals surface area contributed by atoms with Gasteiger partial charge in [0, 0.05) is 16.5 Å². The number of aryl methyl sites for hydroxylation is 2. The van der Waals surface area contributed by atoms with Crippen LogP contribution in [0.4, 0.5) is 0 Å². The highest BCUT2D eigenvalue weighted by Crippen LogP contribution is 2.38. The third kappa shape index (κ3) is 2.87. The molecule has 1 aliphatic rings. The molecule has 3 aromatic rings. The molecule has 136 valence electrons. The lowest BCUT2D eigenvalue weighted by Crippen LogP contribution is -2.10. The predicted octanol–water partition coefficient (Wildman–Crippen LogP) is 4.59. The average molecular weight is 391 g/mol. The Morgan fingerprint density at radius 2 is 1.85 bits per heavy atom. The third-order valence-corrected chi connectivity index (χ3v) is 6.30. The second-order valence-electron chi connectivity index (χ2n) is 6.35. The lowest BCUT2D eigenvalue weighted by molar-refractivity contribution is 0.355. The molecule has 0 saturated carbocycles. The zero-order chi connectivity index (χ0) is 18.3. The molecule has 5 nitrogen and oxygen atoms in total. The number of hydrogen-bond donors (Lipinski definition) is 1. The second-order valence-corrected chi connectivity index (χ2v) is 7.84. The molecule has 0 atom stereocenters. The van der Waals surface area contributed by atoms with Gasteiger partial charge in [0.2, 0.25) is 0 Å². The fourth-order valence-electron chi connectivity index (χ4n) is 3.50. The summed E-state index contributed by atoms with van der Waals surface area (Å²) in [5, 5.41) is 1.19. The Morgan fingerprint density at radius 3 is 2.62 bits per heavy atom. The molecule has 0 radical (unpaired) electrons. The molecular formula is C19H19ClN2O3S. The smallest absolute Gasteiger partial charge is 0.260 e. The van der Waals surface area contributed by atoms with E-state index >= 15 is 0 Å². The SMILES string of the molecule is COc1cc(Cl)c(-c2nc3sc4c(c3c(=O)[nH]2)CCCCC4)cc1OC. The van der Waals surface area contributed by atoms with Crippen molar-refractivity contribution in [3.63, 3.8) is 0 Å². The van der Waals surface area contributed by atoms with E-state index in [1.165, 1.54) is 23.3 Å². The first kappa shape index (κ1) is 17.4. The van der Waals surface area contributed by atoms with E-state index in [2.05, 4.69) is 4.98 Å². The molecule has 1 aliphatic carbocycles. The van der Waals surface area contributed by atoms with Crippen LogP contribution in [0.25, 0.3) is 21.6 Å². The average Bonchev–Trinajstić information content (AvgIpc) is 2.83. The Morgan fingerprint density at radius 1 is 1.12 bits per heavy atom. The van der Waals surface area contributed by atoms with Gasteiger partial charge in [-0.1, -0.05) is 18.0 Å². The van der Waals surface area contributed by atoms with Crippen molar-refractivity contribution in [1.82, 2.24) is 9.97 Å².